The molecule has 2 atom stereocenters. The summed E-state index contributed by atoms with van der Waals surface area (Å²) in [6.07, 6.45) is 3.01. The lowest BCUT2D eigenvalue weighted by molar-refractivity contribution is 0.279. The first-order valence-corrected chi connectivity index (χ1v) is 8.99. The van der Waals surface area contributed by atoms with Gasteiger partial charge < -0.3 is 4.90 Å². The van der Waals surface area contributed by atoms with Crippen molar-refractivity contribution in [3.63, 3.8) is 0 Å². The quantitative estimate of drug-likeness (QED) is 0.814. The average Bonchev–Trinajstić information content (AvgIpc) is 3.23. The molecule has 4 rings (SSSR count). The van der Waals surface area contributed by atoms with Gasteiger partial charge in [0.15, 0.2) is 5.13 Å². The minimum absolute atomic E-state index is 0.186. The first-order chi connectivity index (χ1) is 11.3. The molecule has 2 aliphatic heterocycles. The third-order valence-corrected chi connectivity index (χ3v) is 6.20. The number of aromatic nitrogens is 1. The largest absolute Gasteiger partial charge is 0.348 e. The normalized spacial score (nSPS) is 27.6. The fourth-order valence-electron chi connectivity index (χ4n) is 4.29. The van der Waals surface area contributed by atoms with Gasteiger partial charge in [0.1, 0.15) is 0 Å². The van der Waals surface area contributed by atoms with E-state index in [4.69, 9.17) is 5.26 Å². The van der Waals surface area contributed by atoms with Crippen molar-refractivity contribution in [1.29, 1.82) is 5.26 Å². The highest BCUT2D eigenvalue weighted by atomic mass is 32.1. The number of thiazole rings is 1. The zero-order valence-electron chi connectivity index (χ0n) is 13.1. The molecule has 0 radical (unpaired) electrons. The second kappa shape index (κ2) is 5.95. The highest BCUT2D eigenvalue weighted by molar-refractivity contribution is 7.13. The molecule has 1 aromatic carbocycles. The topological polar surface area (TPSA) is 43.2 Å². The molecule has 0 aliphatic carbocycles. The molecule has 3 heterocycles. The van der Waals surface area contributed by atoms with Gasteiger partial charge in [0.2, 0.25) is 0 Å². The van der Waals surface area contributed by atoms with Crippen LogP contribution < -0.4 is 4.90 Å². The van der Waals surface area contributed by atoms with Gasteiger partial charge in [0.05, 0.1) is 12.6 Å². The number of piperidine rings is 1. The smallest absolute Gasteiger partial charge is 0.185 e. The van der Waals surface area contributed by atoms with Crippen molar-refractivity contribution in [2.75, 3.05) is 37.6 Å². The van der Waals surface area contributed by atoms with Gasteiger partial charge in [0, 0.05) is 49.1 Å². The van der Waals surface area contributed by atoms with Crippen molar-refractivity contribution < 1.29 is 0 Å². The monoisotopic (exact) mass is 324 g/mol. The summed E-state index contributed by atoms with van der Waals surface area (Å²) < 4.78 is 0. The first kappa shape index (κ1) is 14.7. The van der Waals surface area contributed by atoms with Crippen molar-refractivity contribution in [3.8, 4) is 6.07 Å². The summed E-state index contributed by atoms with van der Waals surface area (Å²) in [6, 6.07) is 13.2. The Bertz CT molecular complexity index is 694. The molecule has 4 nitrogen and oxygen atoms in total. The van der Waals surface area contributed by atoms with E-state index in [2.05, 4.69) is 51.2 Å². The van der Waals surface area contributed by atoms with Crippen LogP contribution in [0, 0.1) is 17.2 Å². The Balaban J connectivity index is 1.65. The van der Waals surface area contributed by atoms with Gasteiger partial charge in [-0.3, -0.25) is 4.90 Å². The summed E-state index contributed by atoms with van der Waals surface area (Å²) in [5.74, 6) is 0.552. The lowest BCUT2D eigenvalue weighted by Crippen LogP contribution is -2.49. The highest BCUT2D eigenvalue weighted by Gasteiger charge is 2.50. The summed E-state index contributed by atoms with van der Waals surface area (Å²) in [5.41, 5.74) is 1.62. The maximum Gasteiger partial charge on any atom is 0.185 e. The summed E-state index contributed by atoms with van der Waals surface area (Å²) >= 11 is 1.72. The minimum Gasteiger partial charge on any atom is -0.348 e. The second-order valence-electron chi connectivity index (χ2n) is 6.56. The summed E-state index contributed by atoms with van der Waals surface area (Å²) in [7, 11) is 0. The number of rotatable bonds is 3. The number of nitrogens with zero attached hydrogens (tertiary/aromatic N) is 4. The molecule has 2 saturated heterocycles. The van der Waals surface area contributed by atoms with Crippen LogP contribution in [0.25, 0.3) is 0 Å². The predicted octanol–water partition coefficient (Wildman–Crippen LogP) is 2.75. The maximum atomic E-state index is 9.11. The number of fused-ring (bicyclic) bond motifs is 1. The molecule has 0 unspecified atom stereocenters. The van der Waals surface area contributed by atoms with Crippen LogP contribution in [0.5, 0.6) is 0 Å². The third kappa shape index (κ3) is 2.52. The lowest BCUT2D eigenvalue weighted by atomic mass is 9.68. The molecule has 2 fully saturated rings. The van der Waals surface area contributed by atoms with Crippen molar-refractivity contribution in [2.24, 2.45) is 5.92 Å². The summed E-state index contributed by atoms with van der Waals surface area (Å²) in [5, 5.41) is 12.3. The van der Waals surface area contributed by atoms with E-state index in [-0.39, 0.29) is 5.41 Å². The molecule has 2 aromatic rings. The van der Waals surface area contributed by atoms with Crippen LogP contribution in [0.2, 0.25) is 0 Å². The van der Waals surface area contributed by atoms with Gasteiger partial charge >= 0.3 is 0 Å². The number of hydrogen-bond donors (Lipinski definition) is 0. The zero-order valence-corrected chi connectivity index (χ0v) is 13.9. The fourth-order valence-corrected chi connectivity index (χ4v) is 4.97. The van der Waals surface area contributed by atoms with E-state index in [1.165, 1.54) is 5.56 Å². The fraction of sp³-hybridized carbons (Fsp3) is 0.444. The predicted molar refractivity (Wildman–Crippen MR) is 92.6 cm³/mol. The number of likely N-dealkylation sites (tertiary alicyclic amines) is 1. The average molecular weight is 324 g/mol. The van der Waals surface area contributed by atoms with E-state index in [9.17, 15) is 0 Å². The Kier molecular flexibility index (Phi) is 3.80. The molecular weight excluding hydrogens is 304 g/mol. The molecule has 0 N–H and O–H groups in total. The van der Waals surface area contributed by atoms with Crippen LogP contribution in [0.4, 0.5) is 5.13 Å². The zero-order chi connectivity index (χ0) is 15.7. The lowest BCUT2D eigenvalue weighted by Gasteiger charge is -2.44. The van der Waals surface area contributed by atoms with E-state index in [0.29, 0.717) is 12.5 Å². The molecular formula is C18H20N4S. The van der Waals surface area contributed by atoms with E-state index < -0.39 is 0 Å². The Morgan fingerprint density at radius 2 is 2.17 bits per heavy atom. The van der Waals surface area contributed by atoms with Gasteiger partial charge in [-0.05, 0) is 12.0 Å². The van der Waals surface area contributed by atoms with Crippen molar-refractivity contribution in [2.45, 2.75) is 11.8 Å². The molecule has 23 heavy (non-hydrogen) atoms. The van der Waals surface area contributed by atoms with Crippen molar-refractivity contribution in [1.82, 2.24) is 9.88 Å². The molecule has 0 amide bonds. The molecule has 5 heteroatoms. The number of nitriles is 1. The molecule has 0 saturated carbocycles. The third-order valence-electron chi connectivity index (χ3n) is 5.37. The van der Waals surface area contributed by atoms with Crippen LogP contribution in [0.15, 0.2) is 41.9 Å². The van der Waals surface area contributed by atoms with Crippen LogP contribution >= 0.6 is 11.3 Å². The van der Waals surface area contributed by atoms with Crippen molar-refractivity contribution in [3.05, 3.63) is 47.5 Å². The van der Waals surface area contributed by atoms with E-state index in [1.807, 2.05) is 11.6 Å². The molecule has 2 aliphatic rings. The standard InChI is InChI=1S/C18H20N4S/c19-7-10-21-12-16-13-22(17-20-8-11-23-17)9-6-18(16,14-21)15-4-2-1-3-5-15/h1-5,8,11,16H,6,9-10,12-14H2/t16-,18-/m1/s1. The van der Waals surface area contributed by atoms with Gasteiger partial charge in [-0.2, -0.15) is 5.26 Å². The van der Waals surface area contributed by atoms with E-state index in [0.717, 1.165) is 37.7 Å². The SMILES string of the molecule is N#CCN1C[C@@H]2CN(c3nccs3)CC[C@]2(c2ccccc2)C1. The first-order valence-electron chi connectivity index (χ1n) is 8.11. The van der Waals surface area contributed by atoms with Gasteiger partial charge in [-0.1, -0.05) is 30.3 Å². The number of benzene rings is 1. The number of anilines is 1. The van der Waals surface area contributed by atoms with E-state index >= 15 is 0 Å². The van der Waals surface area contributed by atoms with Gasteiger partial charge in [0.25, 0.3) is 0 Å². The Morgan fingerprint density at radius 3 is 2.91 bits per heavy atom. The molecule has 0 bridgehead atoms. The van der Waals surface area contributed by atoms with Crippen LogP contribution in [0.3, 0.4) is 0 Å². The molecule has 118 valence electrons. The van der Waals surface area contributed by atoms with Crippen LogP contribution in [0.1, 0.15) is 12.0 Å². The summed E-state index contributed by atoms with van der Waals surface area (Å²) in [6.45, 7) is 4.61. The summed E-state index contributed by atoms with van der Waals surface area (Å²) in [4.78, 5) is 9.23. The van der Waals surface area contributed by atoms with Gasteiger partial charge in [-0.25, -0.2) is 4.98 Å². The maximum absolute atomic E-state index is 9.11. The van der Waals surface area contributed by atoms with Crippen LogP contribution in [-0.4, -0.2) is 42.6 Å². The number of hydrogen-bond acceptors (Lipinski definition) is 5. The van der Waals surface area contributed by atoms with E-state index in [1.54, 1.807) is 11.3 Å². The van der Waals surface area contributed by atoms with Crippen LogP contribution in [-0.2, 0) is 5.41 Å². The highest BCUT2D eigenvalue weighted by Crippen LogP contribution is 2.46. The van der Waals surface area contributed by atoms with Gasteiger partial charge in [-0.15, -0.1) is 11.3 Å². The van der Waals surface area contributed by atoms with Crippen molar-refractivity contribution >= 4 is 16.5 Å². The Labute approximate surface area is 141 Å². The Morgan fingerprint density at radius 1 is 1.30 bits per heavy atom. The Hall–Kier alpha value is -1.90. The second-order valence-corrected chi connectivity index (χ2v) is 7.43. The minimum atomic E-state index is 0.186. The molecule has 0 spiro atoms. The molecule has 1 aromatic heterocycles.